The molecule has 0 aromatic heterocycles. The molecule has 18 heavy (non-hydrogen) atoms. The minimum Gasteiger partial charge on any atom is -0.311 e. The van der Waals surface area contributed by atoms with Gasteiger partial charge in [-0.2, -0.15) is 0 Å². The molecule has 0 saturated carbocycles. The molecule has 1 unspecified atom stereocenters. The quantitative estimate of drug-likeness (QED) is 0.658. The van der Waals surface area contributed by atoms with Crippen molar-refractivity contribution in [3.63, 3.8) is 0 Å². The fraction of sp³-hybridized carbons (Fsp3) is 0.429. The molecule has 96 valence electrons. The average molecular weight is 246 g/mol. The van der Waals surface area contributed by atoms with E-state index in [0.717, 1.165) is 12.1 Å². The van der Waals surface area contributed by atoms with Crippen molar-refractivity contribution in [1.29, 1.82) is 0 Å². The fourth-order valence-electron chi connectivity index (χ4n) is 2.15. The third-order valence-corrected chi connectivity index (χ3v) is 3.22. The maximum atomic E-state index is 10.5. The van der Waals surface area contributed by atoms with E-state index in [1.807, 2.05) is 6.08 Å². The van der Waals surface area contributed by atoms with E-state index < -0.39 is 0 Å². The predicted octanol–water partition coefficient (Wildman–Crippen LogP) is 3.14. The minimum absolute atomic E-state index is 0.139. The van der Waals surface area contributed by atoms with Crippen LogP contribution < -0.4 is 5.32 Å². The molecule has 4 nitrogen and oxygen atoms in total. The zero-order chi connectivity index (χ0) is 12.8. The molecule has 1 saturated heterocycles. The first-order chi connectivity index (χ1) is 8.75. The maximum absolute atomic E-state index is 10.5. The second-order valence-electron chi connectivity index (χ2n) is 4.62. The van der Waals surface area contributed by atoms with Crippen LogP contribution in [0.1, 0.15) is 31.2 Å². The third kappa shape index (κ3) is 3.67. The molecule has 2 rings (SSSR count). The van der Waals surface area contributed by atoms with Crippen molar-refractivity contribution in [3.8, 4) is 0 Å². The lowest BCUT2D eigenvalue weighted by molar-refractivity contribution is -0.384. The predicted molar refractivity (Wildman–Crippen MR) is 72.4 cm³/mol. The van der Waals surface area contributed by atoms with Crippen LogP contribution in [-0.4, -0.2) is 17.5 Å². The second-order valence-corrected chi connectivity index (χ2v) is 4.62. The largest absolute Gasteiger partial charge is 0.311 e. The molecule has 0 amide bonds. The van der Waals surface area contributed by atoms with Crippen LogP contribution in [0.25, 0.3) is 6.08 Å². The lowest BCUT2D eigenvalue weighted by atomic mass is 10.1. The van der Waals surface area contributed by atoms with Crippen molar-refractivity contribution >= 4 is 11.8 Å². The fourth-order valence-corrected chi connectivity index (χ4v) is 2.15. The van der Waals surface area contributed by atoms with Gasteiger partial charge in [0.25, 0.3) is 5.69 Å². The Kier molecular flexibility index (Phi) is 4.47. The first-order valence-electron chi connectivity index (χ1n) is 6.42. The Bertz CT molecular complexity index is 418. The summed E-state index contributed by atoms with van der Waals surface area (Å²) in [5.41, 5.74) is 1.14. The summed E-state index contributed by atoms with van der Waals surface area (Å²) in [6.45, 7) is 1.08. The molecule has 0 aliphatic carbocycles. The molecule has 1 heterocycles. The van der Waals surface area contributed by atoms with Crippen molar-refractivity contribution < 1.29 is 4.92 Å². The summed E-state index contributed by atoms with van der Waals surface area (Å²) in [7, 11) is 0. The van der Waals surface area contributed by atoms with Gasteiger partial charge in [-0.15, -0.1) is 0 Å². The molecule has 0 radical (unpaired) electrons. The summed E-state index contributed by atoms with van der Waals surface area (Å²) in [6.07, 6.45) is 9.18. The van der Waals surface area contributed by atoms with Crippen LogP contribution in [0.3, 0.4) is 0 Å². The molecule has 0 spiro atoms. The molecular weight excluding hydrogens is 228 g/mol. The Balaban J connectivity index is 1.97. The highest BCUT2D eigenvalue weighted by molar-refractivity contribution is 5.52. The summed E-state index contributed by atoms with van der Waals surface area (Å²) in [5.74, 6) is 0. The third-order valence-electron chi connectivity index (χ3n) is 3.22. The monoisotopic (exact) mass is 246 g/mol. The van der Waals surface area contributed by atoms with Gasteiger partial charge in [0.1, 0.15) is 0 Å². The van der Waals surface area contributed by atoms with Gasteiger partial charge in [0.15, 0.2) is 0 Å². The Morgan fingerprint density at radius 3 is 2.72 bits per heavy atom. The Morgan fingerprint density at radius 1 is 1.22 bits per heavy atom. The van der Waals surface area contributed by atoms with Gasteiger partial charge in [-0.05, 0) is 37.1 Å². The number of non-ortho nitro benzene ring substituents is 1. The van der Waals surface area contributed by atoms with Gasteiger partial charge in [-0.3, -0.25) is 10.1 Å². The molecule has 4 heteroatoms. The van der Waals surface area contributed by atoms with Crippen LogP contribution in [0.2, 0.25) is 0 Å². The molecule has 1 aliphatic rings. The van der Waals surface area contributed by atoms with Crippen molar-refractivity contribution in [3.05, 3.63) is 46.0 Å². The highest BCUT2D eigenvalue weighted by Gasteiger charge is 2.07. The van der Waals surface area contributed by atoms with Gasteiger partial charge in [0.05, 0.1) is 4.92 Å². The van der Waals surface area contributed by atoms with Crippen molar-refractivity contribution in [2.45, 2.75) is 31.7 Å². The lowest BCUT2D eigenvalue weighted by Crippen LogP contribution is -2.25. The summed E-state index contributed by atoms with van der Waals surface area (Å²) >= 11 is 0. The van der Waals surface area contributed by atoms with E-state index in [9.17, 15) is 10.1 Å². The number of rotatable bonds is 3. The van der Waals surface area contributed by atoms with E-state index >= 15 is 0 Å². The van der Waals surface area contributed by atoms with Crippen LogP contribution in [0.15, 0.2) is 30.3 Å². The van der Waals surface area contributed by atoms with E-state index in [-0.39, 0.29) is 10.6 Å². The topological polar surface area (TPSA) is 55.2 Å². The van der Waals surface area contributed by atoms with E-state index in [1.165, 1.54) is 25.7 Å². The number of nitro groups is 1. The van der Waals surface area contributed by atoms with Crippen LogP contribution in [0.5, 0.6) is 0 Å². The summed E-state index contributed by atoms with van der Waals surface area (Å²) < 4.78 is 0. The average Bonchev–Trinajstić information content (AvgIpc) is 2.65. The Hall–Kier alpha value is -1.68. The van der Waals surface area contributed by atoms with E-state index in [1.54, 1.807) is 24.3 Å². The minimum atomic E-state index is -0.375. The maximum Gasteiger partial charge on any atom is 0.269 e. The number of nitro benzene ring substituents is 1. The number of hydrogen-bond acceptors (Lipinski definition) is 3. The molecule has 0 bridgehead atoms. The Labute approximate surface area is 107 Å². The van der Waals surface area contributed by atoms with Crippen LogP contribution in [0.4, 0.5) is 5.69 Å². The molecular formula is C14H18N2O2. The highest BCUT2D eigenvalue weighted by Crippen LogP contribution is 2.14. The molecule has 1 aromatic rings. The lowest BCUT2D eigenvalue weighted by Gasteiger charge is -2.09. The molecule has 1 aromatic carbocycles. The number of nitrogens with one attached hydrogen (secondary N) is 1. The number of hydrogen-bond donors (Lipinski definition) is 1. The van der Waals surface area contributed by atoms with Crippen molar-refractivity contribution in [2.24, 2.45) is 0 Å². The first kappa shape index (κ1) is 12.8. The van der Waals surface area contributed by atoms with Gasteiger partial charge < -0.3 is 5.32 Å². The summed E-state index contributed by atoms with van der Waals surface area (Å²) in [4.78, 5) is 10.2. The van der Waals surface area contributed by atoms with Gasteiger partial charge in [0.2, 0.25) is 0 Å². The van der Waals surface area contributed by atoms with E-state index in [2.05, 4.69) is 11.4 Å². The zero-order valence-corrected chi connectivity index (χ0v) is 10.3. The molecule has 1 fully saturated rings. The SMILES string of the molecule is O=[N+]([O-])c1ccc(/C=C/C2CCCCCN2)cc1. The van der Waals surface area contributed by atoms with Gasteiger partial charge in [-0.25, -0.2) is 0 Å². The standard InChI is InChI=1S/C14H18N2O2/c17-16(18)14-9-6-12(7-10-14)5-8-13-4-2-1-3-11-15-13/h5-10,13,15H,1-4,11H2/b8-5+. The molecule has 1 aliphatic heterocycles. The normalized spacial score (nSPS) is 20.8. The Morgan fingerprint density at radius 2 is 2.00 bits per heavy atom. The van der Waals surface area contributed by atoms with Crippen molar-refractivity contribution in [1.82, 2.24) is 5.32 Å². The molecule has 1 N–H and O–H groups in total. The van der Waals surface area contributed by atoms with Gasteiger partial charge in [0, 0.05) is 18.2 Å². The van der Waals surface area contributed by atoms with Gasteiger partial charge >= 0.3 is 0 Å². The first-order valence-corrected chi connectivity index (χ1v) is 6.42. The smallest absolute Gasteiger partial charge is 0.269 e. The van der Waals surface area contributed by atoms with Gasteiger partial charge in [-0.1, -0.05) is 25.0 Å². The summed E-state index contributed by atoms with van der Waals surface area (Å²) in [5, 5.41) is 14.0. The van der Waals surface area contributed by atoms with E-state index in [0.29, 0.717) is 6.04 Å². The van der Waals surface area contributed by atoms with E-state index in [4.69, 9.17) is 0 Å². The molecule has 1 atom stereocenters. The number of nitrogens with zero attached hydrogens (tertiary/aromatic N) is 1. The summed E-state index contributed by atoms with van der Waals surface area (Å²) in [6, 6.07) is 7.08. The zero-order valence-electron chi connectivity index (χ0n) is 10.3. The van der Waals surface area contributed by atoms with Crippen molar-refractivity contribution in [2.75, 3.05) is 6.54 Å². The van der Waals surface area contributed by atoms with Crippen LogP contribution in [0, 0.1) is 10.1 Å². The number of benzene rings is 1. The van der Waals surface area contributed by atoms with Crippen LogP contribution in [-0.2, 0) is 0 Å². The highest BCUT2D eigenvalue weighted by atomic mass is 16.6. The second kappa shape index (κ2) is 6.31. The van der Waals surface area contributed by atoms with Crippen LogP contribution >= 0.6 is 0 Å².